The Labute approximate surface area is 143 Å². The summed E-state index contributed by atoms with van der Waals surface area (Å²) in [7, 11) is 0. The maximum atomic E-state index is 12.4. The minimum Gasteiger partial charge on any atom is -0.299 e. The summed E-state index contributed by atoms with van der Waals surface area (Å²) in [4.78, 5) is 12.4. The van der Waals surface area contributed by atoms with Crippen molar-refractivity contribution in [2.75, 3.05) is 0 Å². The second-order valence-electron chi connectivity index (χ2n) is 8.95. The molecule has 4 aliphatic rings. The molecule has 0 heterocycles. The van der Waals surface area contributed by atoms with Gasteiger partial charge in [0.2, 0.25) is 0 Å². The number of carbonyl (C=O) groups is 1. The molecule has 0 amide bonds. The zero-order valence-electron chi connectivity index (χ0n) is 13.5. The molecule has 0 aromatic carbocycles. The SMILES string of the molecule is C[C@]12CCC(I)CC1CC[C@@H]1[C@H]2CC[C@]2(C)C(=O)CC[C@@H]12. The van der Waals surface area contributed by atoms with E-state index in [1.165, 1.54) is 51.4 Å². The van der Waals surface area contributed by atoms with E-state index < -0.39 is 0 Å². The van der Waals surface area contributed by atoms with Crippen LogP contribution in [0, 0.1) is 34.5 Å². The smallest absolute Gasteiger partial charge is 0.139 e. The van der Waals surface area contributed by atoms with E-state index in [-0.39, 0.29) is 5.41 Å². The van der Waals surface area contributed by atoms with E-state index in [0.717, 1.165) is 34.0 Å². The number of rotatable bonds is 0. The Bertz CT molecular complexity index is 460. The van der Waals surface area contributed by atoms with Crippen LogP contribution in [0.2, 0.25) is 0 Å². The Hall–Kier alpha value is 0.400. The van der Waals surface area contributed by atoms with Crippen LogP contribution in [0.3, 0.4) is 0 Å². The van der Waals surface area contributed by atoms with E-state index in [4.69, 9.17) is 0 Å². The summed E-state index contributed by atoms with van der Waals surface area (Å²) >= 11 is 2.69. The van der Waals surface area contributed by atoms with Crippen molar-refractivity contribution in [3.63, 3.8) is 0 Å². The van der Waals surface area contributed by atoms with Gasteiger partial charge in [0.15, 0.2) is 0 Å². The monoisotopic (exact) mass is 400 g/mol. The van der Waals surface area contributed by atoms with Crippen molar-refractivity contribution in [2.45, 2.75) is 75.6 Å². The quantitative estimate of drug-likeness (QED) is 0.393. The van der Waals surface area contributed by atoms with Gasteiger partial charge in [0.25, 0.3) is 0 Å². The number of hydrogen-bond donors (Lipinski definition) is 0. The molecule has 0 spiro atoms. The van der Waals surface area contributed by atoms with Crippen molar-refractivity contribution in [3.8, 4) is 0 Å². The van der Waals surface area contributed by atoms with Crippen LogP contribution in [0.1, 0.15) is 71.6 Å². The third-order valence-electron chi connectivity index (χ3n) is 8.31. The maximum absolute atomic E-state index is 12.4. The van der Waals surface area contributed by atoms with Crippen LogP contribution in [0.25, 0.3) is 0 Å². The van der Waals surface area contributed by atoms with Crippen LogP contribution >= 0.6 is 22.6 Å². The zero-order chi connectivity index (χ0) is 14.8. The van der Waals surface area contributed by atoms with E-state index in [9.17, 15) is 4.79 Å². The van der Waals surface area contributed by atoms with Crippen molar-refractivity contribution in [2.24, 2.45) is 34.5 Å². The van der Waals surface area contributed by atoms with Gasteiger partial charge in [0.1, 0.15) is 5.78 Å². The lowest BCUT2D eigenvalue weighted by Gasteiger charge is -2.60. The van der Waals surface area contributed by atoms with Gasteiger partial charge >= 0.3 is 0 Å². The Morgan fingerprint density at radius 1 is 1.00 bits per heavy atom. The van der Waals surface area contributed by atoms with Crippen molar-refractivity contribution < 1.29 is 4.79 Å². The third kappa shape index (κ3) is 2.03. The van der Waals surface area contributed by atoms with Crippen molar-refractivity contribution in [1.82, 2.24) is 0 Å². The molecule has 4 rings (SSSR count). The molecule has 0 bridgehead atoms. The van der Waals surface area contributed by atoms with Gasteiger partial charge in [-0.2, -0.15) is 0 Å². The first-order valence-electron chi connectivity index (χ1n) is 9.12. The molecule has 0 N–H and O–H groups in total. The molecule has 0 radical (unpaired) electrons. The van der Waals surface area contributed by atoms with Crippen molar-refractivity contribution in [3.05, 3.63) is 0 Å². The summed E-state index contributed by atoms with van der Waals surface area (Å²) < 4.78 is 0.916. The van der Waals surface area contributed by atoms with Gasteiger partial charge in [0, 0.05) is 15.8 Å². The van der Waals surface area contributed by atoms with Crippen molar-refractivity contribution >= 4 is 28.4 Å². The molecule has 2 heteroatoms. The molecule has 4 fully saturated rings. The average Bonchev–Trinajstić information content (AvgIpc) is 2.76. The van der Waals surface area contributed by atoms with Gasteiger partial charge in [-0.25, -0.2) is 0 Å². The highest BCUT2D eigenvalue weighted by Crippen LogP contribution is 2.65. The number of fused-ring (bicyclic) bond motifs is 5. The number of carbonyl (C=O) groups excluding carboxylic acids is 1. The summed E-state index contributed by atoms with van der Waals surface area (Å²) in [6.07, 6.45) is 11.8. The van der Waals surface area contributed by atoms with Crippen LogP contribution in [0.15, 0.2) is 0 Å². The highest BCUT2D eigenvalue weighted by Gasteiger charge is 2.59. The molecule has 2 unspecified atom stereocenters. The van der Waals surface area contributed by atoms with E-state index in [1.807, 2.05) is 0 Å². The summed E-state index contributed by atoms with van der Waals surface area (Å²) in [5, 5.41) is 0. The van der Waals surface area contributed by atoms with Crippen LogP contribution in [0.5, 0.6) is 0 Å². The Morgan fingerprint density at radius 3 is 2.62 bits per heavy atom. The number of Topliss-reactive ketones (excluding diaryl/α,β-unsaturated/α-hetero) is 1. The molecule has 0 aliphatic heterocycles. The Kier molecular flexibility index (Phi) is 3.52. The molecule has 7 atom stereocenters. The topological polar surface area (TPSA) is 17.1 Å². The lowest BCUT2D eigenvalue weighted by molar-refractivity contribution is -0.138. The molecule has 0 aromatic heterocycles. The molecular formula is C19H29IO. The molecular weight excluding hydrogens is 371 g/mol. The fourth-order valence-electron chi connectivity index (χ4n) is 6.98. The lowest BCUT2D eigenvalue weighted by atomic mass is 9.45. The van der Waals surface area contributed by atoms with E-state index in [1.54, 1.807) is 0 Å². The fraction of sp³-hybridized carbons (Fsp3) is 0.947. The fourth-order valence-corrected chi connectivity index (χ4v) is 7.90. The standard InChI is InChI=1S/C19H29IO/c1-18-9-7-13(20)11-12(18)3-4-14-15-5-6-17(21)19(15,2)10-8-16(14)18/h12-16H,3-11H2,1-2H3/t12?,13?,14-,15-,16+,18-,19-/m0/s1. The number of ketones is 1. The maximum Gasteiger partial charge on any atom is 0.139 e. The van der Waals surface area contributed by atoms with Gasteiger partial charge in [-0.05, 0) is 80.5 Å². The van der Waals surface area contributed by atoms with Gasteiger partial charge in [0.05, 0.1) is 0 Å². The van der Waals surface area contributed by atoms with Crippen LogP contribution in [0.4, 0.5) is 0 Å². The highest BCUT2D eigenvalue weighted by atomic mass is 127. The van der Waals surface area contributed by atoms with Crippen LogP contribution in [-0.4, -0.2) is 9.71 Å². The normalized spacial score (nSPS) is 56.5. The minimum atomic E-state index is 0.0603. The molecule has 4 saturated carbocycles. The number of halogens is 1. The molecule has 0 aromatic rings. The highest BCUT2D eigenvalue weighted by molar-refractivity contribution is 14.1. The van der Waals surface area contributed by atoms with E-state index >= 15 is 0 Å². The molecule has 0 saturated heterocycles. The number of alkyl halides is 1. The molecule has 4 aliphatic carbocycles. The summed E-state index contributed by atoms with van der Waals surface area (Å²) in [5.74, 6) is 4.07. The average molecular weight is 400 g/mol. The molecule has 21 heavy (non-hydrogen) atoms. The first-order chi connectivity index (χ1) is 9.95. The van der Waals surface area contributed by atoms with Gasteiger partial charge in [-0.3, -0.25) is 4.79 Å². The third-order valence-corrected chi connectivity index (χ3v) is 9.44. The molecule has 118 valence electrons. The minimum absolute atomic E-state index is 0.0603. The first kappa shape index (κ1) is 15.0. The largest absolute Gasteiger partial charge is 0.299 e. The predicted molar refractivity (Wildman–Crippen MR) is 94.5 cm³/mol. The van der Waals surface area contributed by atoms with Crippen molar-refractivity contribution in [1.29, 1.82) is 0 Å². The number of hydrogen-bond acceptors (Lipinski definition) is 1. The van der Waals surface area contributed by atoms with E-state index in [0.29, 0.717) is 11.2 Å². The Balaban J connectivity index is 1.64. The van der Waals surface area contributed by atoms with Gasteiger partial charge in [-0.1, -0.05) is 36.4 Å². The summed E-state index contributed by atoms with van der Waals surface area (Å²) in [6.45, 7) is 4.93. The summed E-state index contributed by atoms with van der Waals surface area (Å²) in [6, 6.07) is 0. The second kappa shape index (κ2) is 4.95. The van der Waals surface area contributed by atoms with Crippen LogP contribution < -0.4 is 0 Å². The van der Waals surface area contributed by atoms with E-state index in [2.05, 4.69) is 36.4 Å². The summed E-state index contributed by atoms with van der Waals surface area (Å²) in [5.41, 5.74) is 0.655. The van der Waals surface area contributed by atoms with Gasteiger partial charge in [-0.15, -0.1) is 0 Å². The first-order valence-corrected chi connectivity index (χ1v) is 10.4. The Morgan fingerprint density at radius 2 is 1.81 bits per heavy atom. The van der Waals surface area contributed by atoms with Crippen LogP contribution in [-0.2, 0) is 4.79 Å². The molecule has 1 nitrogen and oxygen atoms in total. The predicted octanol–water partition coefficient (Wildman–Crippen LogP) is 5.40. The second-order valence-corrected chi connectivity index (χ2v) is 10.7. The van der Waals surface area contributed by atoms with Gasteiger partial charge < -0.3 is 0 Å². The zero-order valence-corrected chi connectivity index (χ0v) is 15.7. The lowest BCUT2D eigenvalue weighted by Crippen LogP contribution is -2.53.